The second-order valence-corrected chi connectivity index (χ2v) is 10.5. The quantitative estimate of drug-likeness (QED) is 0.746. The first-order valence-corrected chi connectivity index (χ1v) is 10.4. The molecule has 2 saturated carbocycles. The van der Waals surface area contributed by atoms with Gasteiger partial charge in [-0.05, 0) is 29.7 Å². The minimum Gasteiger partial charge on any atom is -0.344 e. The van der Waals surface area contributed by atoms with E-state index in [0.29, 0.717) is 35.1 Å². The zero-order valence-electron chi connectivity index (χ0n) is 17.2. The molecule has 0 bridgehead atoms. The van der Waals surface area contributed by atoms with E-state index in [1.807, 2.05) is 30.3 Å². The van der Waals surface area contributed by atoms with Gasteiger partial charge in [-0.25, -0.2) is 0 Å². The fraction of sp³-hybridized carbons (Fsp3) is 0.696. The molecule has 2 heterocycles. The molecule has 2 saturated heterocycles. The van der Waals surface area contributed by atoms with E-state index in [-0.39, 0.29) is 18.2 Å². The Morgan fingerprint density at radius 1 is 1.00 bits per heavy atom. The molecule has 27 heavy (non-hydrogen) atoms. The van der Waals surface area contributed by atoms with E-state index in [4.69, 9.17) is 4.74 Å². The van der Waals surface area contributed by atoms with Crippen molar-refractivity contribution in [3.05, 3.63) is 35.9 Å². The summed E-state index contributed by atoms with van der Waals surface area (Å²) in [6.45, 7) is 12.0. The van der Waals surface area contributed by atoms with Gasteiger partial charge in [0.2, 0.25) is 0 Å². The van der Waals surface area contributed by atoms with Crippen LogP contribution in [0.3, 0.4) is 0 Å². The van der Waals surface area contributed by atoms with Crippen molar-refractivity contribution in [3.8, 4) is 0 Å². The average Bonchev–Trinajstić information content (AvgIpc) is 3.14. The zero-order valence-corrected chi connectivity index (χ0v) is 17.2. The smallest absolute Gasteiger partial charge is 0.176 e. The van der Waals surface area contributed by atoms with Gasteiger partial charge in [0, 0.05) is 30.5 Å². The van der Waals surface area contributed by atoms with Crippen molar-refractivity contribution in [2.24, 2.45) is 34.5 Å². The predicted octanol–water partition coefficient (Wildman–Crippen LogP) is 3.34. The molecule has 1 aromatic carbocycles. The van der Waals surface area contributed by atoms with Gasteiger partial charge < -0.3 is 4.74 Å². The second kappa shape index (κ2) is 5.65. The summed E-state index contributed by atoms with van der Waals surface area (Å²) in [5.41, 5.74) is 1.54. The summed E-state index contributed by atoms with van der Waals surface area (Å²) in [5.74, 6) is 2.80. The van der Waals surface area contributed by atoms with Gasteiger partial charge in [-0.2, -0.15) is 0 Å². The number of benzene rings is 1. The van der Waals surface area contributed by atoms with Gasteiger partial charge in [0.25, 0.3) is 0 Å². The minimum absolute atomic E-state index is 0.0697. The van der Waals surface area contributed by atoms with Gasteiger partial charge in [0.05, 0.1) is 6.54 Å². The Morgan fingerprint density at radius 2 is 1.59 bits per heavy atom. The highest BCUT2D eigenvalue weighted by molar-refractivity contribution is 5.97. The molecule has 0 radical (unpaired) electrons. The normalized spacial score (nSPS) is 41.2. The molecule has 5 rings (SSSR count). The largest absolute Gasteiger partial charge is 0.344 e. The van der Waals surface area contributed by atoms with E-state index in [0.717, 1.165) is 24.6 Å². The molecule has 0 aromatic heterocycles. The molecule has 2 aliphatic carbocycles. The molecule has 0 N–H and O–H groups in total. The summed E-state index contributed by atoms with van der Waals surface area (Å²) >= 11 is 0. The average molecular weight is 369 g/mol. The van der Waals surface area contributed by atoms with Crippen LogP contribution in [0.2, 0.25) is 0 Å². The molecule has 0 spiro atoms. The molecule has 4 fully saturated rings. The van der Waals surface area contributed by atoms with Crippen LogP contribution in [0.5, 0.6) is 0 Å². The second-order valence-electron chi connectivity index (χ2n) is 10.5. The van der Waals surface area contributed by atoms with Crippen LogP contribution in [0, 0.1) is 34.5 Å². The van der Waals surface area contributed by atoms with Crippen molar-refractivity contribution in [1.82, 2.24) is 9.80 Å². The first-order chi connectivity index (χ1) is 12.7. The molecular formula is C23H32N2O2. The molecule has 1 aromatic rings. The van der Waals surface area contributed by atoms with Crippen LogP contribution in [0.1, 0.15) is 38.1 Å². The number of ketones is 1. The monoisotopic (exact) mass is 368 g/mol. The number of fused-ring (bicyclic) bond motifs is 2. The van der Waals surface area contributed by atoms with Crippen molar-refractivity contribution < 1.29 is 9.53 Å². The Hall–Kier alpha value is -1.23. The summed E-state index contributed by atoms with van der Waals surface area (Å²) in [5, 5.41) is 0. The van der Waals surface area contributed by atoms with Crippen molar-refractivity contribution >= 4 is 5.78 Å². The van der Waals surface area contributed by atoms with Crippen LogP contribution >= 0.6 is 0 Å². The maximum atomic E-state index is 12.8. The molecular weight excluding hydrogens is 336 g/mol. The van der Waals surface area contributed by atoms with Gasteiger partial charge in [0.15, 0.2) is 5.78 Å². The molecule has 4 aliphatic rings. The number of rotatable bonds is 5. The predicted molar refractivity (Wildman–Crippen MR) is 105 cm³/mol. The minimum atomic E-state index is 0.0697. The lowest BCUT2D eigenvalue weighted by Crippen LogP contribution is -2.46. The highest BCUT2D eigenvalue weighted by Gasteiger charge is 2.71. The van der Waals surface area contributed by atoms with Crippen molar-refractivity contribution in [1.29, 1.82) is 0 Å². The Balaban J connectivity index is 1.33. The van der Waals surface area contributed by atoms with Crippen molar-refractivity contribution in [2.75, 3.05) is 26.7 Å². The molecule has 146 valence electrons. The zero-order chi connectivity index (χ0) is 19.1. The summed E-state index contributed by atoms with van der Waals surface area (Å²) in [7, 11) is 2.19. The number of Topliss-reactive ketones (excluding diaryl/α,β-unsaturated/α-hetero) is 1. The summed E-state index contributed by atoms with van der Waals surface area (Å²) in [4.78, 5) is 17.5. The SMILES string of the molecule is CN1CC2[C@H](C1OC1[C@@H]3C(CN1CC(=O)c1ccccc1)C3(C)C)C2(C)C. The lowest BCUT2D eigenvalue weighted by molar-refractivity contribution is -0.152. The standard InChI is InChI=1S/C23H32N2O2/c1-22(2)15-11-24(5)20(18(15)22)27-21-19-16(23(19,3)4)12-25(21)13-17(26)14-9-7-6-8-10-14/h6-10,15-16,18-21H,11-13H2,1-5H3/t15?,16?,18-,19+,20?,21?/m1/s1. The number of ether oxygens (including phenoxy) is 1. The highest BCUT2D eigenvalue weighted by Crippen LogP contribution is 2.68. The molecule has 4 nitrogen and oxygen atoms in total. The molecule has 4 heteroatoms. The van der Waals surface area contributed by atoms with E-state index in [9.17, 15) is 4.79 Å². The van der Waals surface area contributed by atoms with E-state index in [1.165, 1.54) is 0 Å². The number of piperidine rings is 2. The van der Waals surface area contributed by atoms with E-state index in [2.05, 4.69) is 44.5 Å². The third-order valence-corrected chi connectivity index (χ3v) is 8.32. The van der Waals surface area contributed by atoms with Crippen LogP contribution < -0.4 is 0 Å². The van der Waals surface area contributed by atoms with Gasteiger partial charge >= 0.3 is 0 Å². The third kappa shape index (κ3) is 2.56. The Bertz CT molecular complexity index is 759. The van der Waals surface area contributed by atoms with Crippen LogP contribution in [-0.4, -0.2) is 54.7 Å². The van der Waals surface area contributed by atoms with Crippen molar-refractivity contribution in [3.63, 3.8) is 0 Å². The van der Waals surface area contributed by atoms with Gasteiger partial charge in [-0.1, -0.05) is 58.0 Å². The van der Waals surface area contributed by atoms with Crippen LogP contribution in [-0.2, 0) is 4.74 Å². The highest BCUT2D eigenvalue weighted by atomic mass is 16.5. The van der Waals surface area contributed by atoms with Crippen LogP contribution in [0.15, 0.2) is 30.3 Å². The number of nitrogens with zero attached hydrogens (tertiary/aromatic N) is 2. The fourth-order valence-corrected chi connectivity index (χ4v) is 6.23. The summed E-state index contributed by atoms with van der Waals surface area (Å²) in [6.07, 6.45) is 0.264. The summed E-state index contributed by atoms with van der Waals surface area (Å²) in [6, 6.07) is 9.67. The molecule has 6 atom stereocenters. The van der Waals surface area contributed by atoms with Gasteiger partial charge in [-0.15, -0.1) is 0 Å². The summed E-state index contributed by atoms with van der Waals surface area (Å²) < 4.78 is 6.81. The number of carbonyl (C=O) groups is 1. The van der Waals surface area contributed by atoms with E-state index >= 15 is 0 Å². The maximum absolute atomic E-state index is 12.8. The van der Waals surface area contributed by atoms with Crippen LogP contribution in [0.4, 0.5) is 0 Å². The first kappa shape index (κ1) is 17.8. The molecule has 4 unspecified atom stereocenters. The first-order valence-electron chi connectivity index (χ1n) is 10.4. The molecule has 0 amide bonds. The van der Waals surface area contributed by atoms with Gasteiger partial charge in [-0.3, -0.25) is 14.6 Å². The number of likely N-dealkylation sites (tertiary alicyclic amines) is 2. The lowest BCUT2D eigenvalue weighted by atomic mass is 10.0. The van der Waals surface area contributed by atoms with E-state index < -0.39 is 0 Å². The number of hydrogen-bond donors (Lipinski definition) is 0. The number of hydrogen-bond acceptors (Lipinski definition) is 4. The lowest BCUT2D eigenvalue weighted by Gasteiger charge is -2.36. The number of carbonyl (C=O) groups excluding carboxylic acids is 1. The maximum Gasteiger partial charge on any atom is 0.176 e. The fourth-order valence-electron chi connectivity index (χ4n) is 6.23. The van der Waals surface area contributed by atoms with Crippen molar-refractivity contribution in [2.45, 2.75) is 40.2 Å². The van der Waals surface area contributed by atoms with E-state index in [1.54, 1.807) is 0 Å². The van der Waals surface area contributed by atoms with Gasteiger partial charge in [0.1, 0.15) is 12.5 Å². The van der Waals surface area contributed by atoms with Crippen LogP contribution in [0.25, 0.3) is 0 Å². The third-order valence-electron chi connectivity index (χ3n) is 8.32. The topological polar surface area (TPSA) is 32.8 Å². The Kier molecular flexibility index (Phi) is 3.73. The Morgan fingerprint density at radius 3 is 2.22 bits per heavy atom. The molecule has 2 aliphatic heterocycles. The Labute approximate surface area is 162 Å².